The first kappa shape index (κ1) is 11.1. The van der Waals surface area contributed by atoms with Crippen molar-refractivity contribution in [3.05, 3.63) is 11.9 Å². The molecule has 8 heteroatoms. The van der Waals surface area contributed by atoms with Gasteiger partial charge in [0, 0.05) is 6.04 Å². The predicted molar refractivity (Wildman–Crippen MR) is 55.5 cm³/mol. The van der Waals surface area contributed by atoms with E-state index in [2.05, 4.69) is 20.7 Å². The maximum Gasteiger partial charge on any atom is 0.273 e. The summed E-state index contributed by atoms with van der Waals surface area (Å²) in [5, 5.41) is 12.2. The van der Waals surface area contributed by atoms with Gasteiger partial charge in [0.2, 0.25) is 0 Å². The number of hydrogen-bond acceptors (Lipinski definition) is 5. The van der Waals surface area contributed by atoms with Crippen LogP contribution in [0, 0.1) is 0 Å². The third-order valence-electron chi connectivity index (χ3n) is 2.54. The van der Waals surface area contributed by atoms with E-state index in [1.54, 1.807) is 0 Å². The number of hydrogen-bond donors (Lipinski definition) is 2. The van der Waals surface area contributed by atoms with E-state index in [4.69, 9.17) is 0 Å². The Morgan fingerprint density at radius 3 is 2.69 bits per heavy atom. The molecule has 0 saturated carbocycles. The first-order chi connectivity index (χ1) is 7.57. The van der Waals surface area contributed by atoms with E-state index in [1.165, 1.54) is 6.20 Å². The Morgan fingerprint density at radius 2 is 2.12 bits per heavy atom. The van der Waals surface area contributed by atoms with Crippen LogP contribution < -0.4 is 5.32 Å². The topological polar surface area (TPSA) is 105 Å². The van der Waals surface area contributed by atoms with Crippen molar-refractivity contribution in [3.63, 3.8) is 0 Å². The molecule has 1 fully saturated rings. The number of carbonyl (C=O) groups is 1. The summed E-state index contributed by atoms with van der Waals surface area (Å²) in [4.78, 5) is 11.6. The molecule has 1 amide bonds. The monoisotopic (exact) mass is 244 g/mol. The zero-order chi connectivity index (χ0) is 11.6. The fourth-order valence-corrected chi connectivity index (χ4v) is 3.10. The minimum atomic E-state index is -2.89. The molecule has 0 bridgehead atoms. The van der Waals surface area contributed by atoms with Gasteiger partial charge in [-0.05, 0) is 12.8 Å². The summed E-state index contributed by atoms with van der Waals surface area (Å²) in [5.74, 6) is -0.0499. The van der Waals surface area contributed by atoms with Crippen LogP contribution in [0.25, 0.3) is 0 Å². The maximum absolute atomic E-state index is 11.6. The lowest BCUT2D eigenvalue weighted by atomic mass is 10.1. The first-order valence-corrected chi connectivity index (χ1v) is 6.76. The third-order valence-corrected chi connectivity index (χ3v) is 4.25. The summed E-state index contributed by atoms with van der Waals surface area (Å²) in [7, 11) is -2.89. The Kier molecular flexibility index (Phi) is 2.90. The Hall–Kier alpha value is -1.44. The van der Waals surface area contributed by atoms with Crippen molar-refractivity contribution in [2.75, 3.05) is 11.5 Å². The van der Waals surface area contributed by atoms with Gasteiger partial charge in [-0.1, -0.05) is 0 Å². The minimum absolute atomic E-state index is 0.0901. The molecule has 2 rings (SSSR count). The van der Waals surface area contributed by atoms with Crippen LogP contribution in [0.5, 0.6) is 0 Å². The third kappa shape index (κ3) is 2.57. The molecular weight excluding hydrogens is 232 g/mol. The van der Waals surface area contributed by atoms with Crippen molar-refractivity contribution in [2.24, 2.45) is 0 Å². The number of sulfone groups is 1. The van der Waals surface area contributed by atoms with E-state index >= 15 is 0 Å². The quantitative estimate of drug-likeness (QED) is 0.702. The van der Waals surface area contributed by atoms with Crippen molar-refractivity contribution < 1.29 is 13.2 Å². The number of nitrogens with one attached hydrogen (secondary N) is 2. The van der Waals surface area contributed by atoms with E-state index < -0.39 is 9.84 Å². The molecule has 1 saturated heterocycles. The highest BCUT2D eigenvalue weighted by atomic mass is 32.2. The lowest BCUT2D eigenvalue weighted by Crippen LogP contribution is -2.40. The zero-order valence-electron chi connectivity index (χ0n) is 8.51. The Bertz CT molecular complexity index is 453. The van der Waals surface area contributed by atoms with Crippen molar-refractivity contribution >= 4 is 15.7 Å². The number of H-pyrrole nitrogens is 1. The Balaban J connectivity index is 1.90. The van der Waals surface area contributed by atoms with Crippen LogP contribution in [0.3, 0.4) is 0 Å². The molecule has 1 aromatic rings. The predicted octanol–water partition coefficient (Wildman–Crippen LogP) is -0.888. The van der Waals surface area contributed by atoms with Gasteiger partial charge in [0.1, 0.15) is 9.84 Å². The van der Waals surface area contributed by atoms with Gasteiger partial charge in [0.05, 0.1) is 17.7 Å². The molecule has 1 aliphatic rings. The second-order valence-electron chi connectivity index (χ2n) is 3.75. The van der Waals surface area contributed by atoms with Gasteiger partial charge in [-0.15, -0.1) is 0 Å². The van der Waals surface area contributed by atoms with Crippen molar-refractivity contribution in [1.82, 2.24) is 20.7 Å². The number of carbonyl (C=O) groups excluding carboxylic acids is 1. The van der Waals surface area contributed by atoms with Crippen LogP contribution in [-0.2, 0) is 9.84 Å². The highest BCUT2D eigenvalue weighted by molar-refractivity contribution is 7.91. The molecule has 2 heterocycles. The second kappa shape index (κ2) is 4.20. The van der Waals surface area contributed by atoms with Gasteiger partial charge in [-0.3, -0.25) is 4.79 Å². The van der Waals surface area contributed by atoms with Crippen LogP contribution in [-0.4, -0.2) is 47.3 Å². The maximum atomic E-state index is 11.6. The molecule has 7 nitrogen and oxygen atoms in total. The normalized spacial score (nSPS) is 20.5. The van der Waals surface area contributed by atoms with Gasteiger partial charge < -0.3 is 5.32 Å². The molecule has 0 aliphatic carbocycles. The smallest absolute Gasteiger partial charge is 0.273 e. The molecule has 0 radical (unpaired) electrons. The highest BCUT2D eigenvalue weighted by Gasteiger charge is 2.25. The zero-order valence-corrected chi connectivity index (χ0v) is 9.33. The molecule has 16 heavy (non-hydrogen) atoms. The molecule has 1 aromatic heterocycles. The van der Waals surface area contributed by atoms with Gasteiger partial charge in [-0.2, -0.15) is 15.4 Å². The van der Waals surface area contributed by atoms with Gasteiger partial charge in [-0.25, -0.2) is 8.42 Å². The van der Waals surface area contributed by atoms with Crippen molar-refractivity contribution in [2.45, 2.75) is 18.9 Å². The lowest BCUT2D eigenvalue weighted by molar-refractivity contribution is 0.0929. The minimum Gasteiger partial charge on any atom is -0.348 e. The van der Waals surface area contributed by atoms with E-state index in [0.717, 1.165) is 0 Å². The van der Waals surface area contributed by atoms with Gasteiger partial charge >= 0.3 is 0 Å². The van der Waals surface area contributed by atoms with Crippen LogP contribution in [0.4, 0.5) is 0 Å². The van der Waals surface area contributed by atoms with Crippen LogP contribution in [0.2, 0.25) is 0 Å². The van der Waals surface area contributed by atoms with E-state index in [0.29, 0.717) is 12.8 Å². The van der Waals surface area contributed by atoms with Crippen LogP contribution in [0.15, 0.2) is 6.20 Å². The average Bonchev–Trinajstić information content (AvgIpc) is 2.74. The standard InChI is InChI=1S/C8H12N4O3S/c13-8(7-5-9-12-11-7)10-6-1-3-16(14,15)4-2-6/h5-6H,1-4H2,(H,10,13)(H,9,11,12). The highest BCUT2D eigenvalue weighted by Crippen LogP contribution is 2.12. The molecule has 0 unspecified atom stereocenters. The van der Waals surface area contributed by atoms with Gasteiger partial charge in [0.15, 0.2) is 5.69 Å². The summed E-state index contributed by atoms with van der Waals surface area (Å²) in [6.45, 7) is 0. The SMILES string of the molecule is O=C(NC1CCS(=O)(=O)CC1)c1cn[nH]n1. The summed E-state index contributed by atoms with van der Waals surface area (Å²) >= 11 is 0. The summed E-state index contributed by atoms with van der Waals surface area (Å²) in [6.07, 6.45) is 2.26. The van der Waals surface area contributed by atoms with E-state index in [-0.39, 0.29) is 29.1 Å². The van der Waals surface area contributed by atoms with E-state index in [9.17, 15) is 13.2 Å². The summed E-state index contributed by atoms with van der Waals surface area (Å²) in [5.41, 5.74) is 0.216. The largest absolute Gasteiger partial charge is 0.348 e. The number of nitrogens with zero attached hydrogens (tertiary/aromatic N) is 2. The number of rotatable bonds is 2. The summed E-state index contributed by atoms with van der Waals surface area (Å²) in [6, 6.07) is -0.0901. The Labute approximate surface area is 92.5 Å². The van der Waals surface area contributed by atoms with Crippen LogP contribution in [0.1, 0.15) is 23.3 Å². The van der Waals surface area contributed by atoms with Gasteiger partial charge in [0.25, 0.3) is 5.91 Å². The fourth-order valence-electron chi connectivity index (χ4n) is 1.60. The van der Waals surface area contributed by atoms with Crippen molar-refractivity contribution in [3.8, 4) is 0 Å². The molecule has 0 aromatic carbocycles. The fraction of sp³-hybridized carbons (Fsp3) is 0.625. The first-order valence-electron chi connectivity index (χ1n) is 4.94. The average molecular weight is 244 g/mol. The Morgan fingerprint density at radius 1 is 1.44 bits per heavy atom. The van der Waals surface area contributed by atoms with Crippen LogP contribution >= 0.6 is 0 Å². The molecular formula is C8H12N4O3S. The molecule has 88 valence electrons. The second-order valence-corrected chi connectivity index (χ2v) is 6.06. The molecule has 2 N–H and O–H groups in total. The molecule has 0 atom stereocenters. The molecule has 1 aliphatic heterocycles. The molecule has 0 spiro atoms. The number of aromatic amines is 1. The lowest BCUT2D eigenvalue weighted by Gasteiger charge is -2.22. The van der Waals surface area contributed by atoms with E-state index in [1.807, 2.05) is 0 Å². The number of amides is 1. The van der Waals surface area contributed by atoms with Crippen molar-refractivity contribution in [1.29, 1.82) is 0 Å². The summed E-state index contributed by atoms with van der Waals surface area (Å²) < 4.78 is 22.3. The number of aromatic nitrogens is 3.